The minimum Gasteiger partial charge on any atom is -0.365 e. The van der Waals surface area contributed by atoms with Crippen LogP contribution in [0.25, 0.3) is 0 Å². The molecule has 0 fully saturated rings. The second-order valence-electron chi connectivity index (χ2n) is 8.63. The van der Waals surface area contributed by atoms with Gasteiger partial charge in [0.2, 0.25) is 5.69 Å². The van der Waals surface area contributed by atoms with E-state index in [1.54, 1.807) is 10.8 Å². The summed E-state index contributed by atoms with van der Waals surface area (Å²) in [5, 5.41) is 22.0. The molecule has 8 nitrogen and oxygen atoms in total. The molecule has 3 aromatic carbocycles. The Hall–Kier alpha value is -3.75. The van der Waals surface area contributed by atoms with Gasteiger partial charge in [-0.05, 0) is 35.4 Å². The number of benzene rings is 3. The molecule has 0 saturated carbocycles. The van der Waals surface area contributed by atoms with Crippen LogP contribution in [0, 0.1) is 6.92 Å². The molecule has 3 aromatic rings. The van der Waals surface area contributed by atoms with Gasteiger partial charge in [-0.1, -0.05) is 48.0 Å². The summed E-state index contributed by atoms with van der Waals surface area (Å²) >= 11 is 6.36. The number of carbonyl (C=O) groups excluding carboxylic acids is 1. The molecule has 0 radical (unpaired) electrons. The van der Waals surface area contributed by atoms with E-state index in [9.17, 15) is 9.90 Å². The zero-order valence-electron chi connectivity index (χ0n) is 18.2. The standard InChI is InChI=1S/C25H20ClN5O3/c1-14-10-11-15(12-17(14)26)31-22(23(32)34-30-31)21-13-25(29-20-9-5-4-8-19(20)27-21)16-6-2-3-7-18(16)28-24(25)33/h2-12,22-23,29,32H,13H2,1H3/p+1. The lowest BCUT2D eigenvalue weighted by Crippen LogP contribution is -2.47. The molecule has 34 heavy (non-hydrogen) atoms. The van der Waals surface area contributed by atoms with Gasteiger partial charge >= 0.3 is 6.29 Å². The van der Waals surface area contributed by atoms with Crippen LogP contribution in [0.3, 0.4) is 0 Å². The normalized spacial score (nSPS) is 24.9. The first-order valence-electron chi connectivity index (χ1n) is 10.9. The Labute approximate surface area is 200 Å². The van der Waals surface area contributed by atoms with Crippen LogP contribution in [-0.2, 0) is 15.2 Å². The lowest BCUT2D eigenvalue weighted by molar-refractivity contribution is -0.529. The molecular weight excluding hydrogens is 454 g/mol. The highest BCUT2D eigenvalue weighted by molar-refractivity contribution is 6.31. The maximum atomic E-state index is 13.5. The van der Waals surface area contributed by atoms with Gasteiger partial charge in [0.1, 0.15) is 0 Å². The predicted molar refractivity (Wildman–Crippen MR) is 128 cm³/mol. The topological polar surface area (TPSA) is 98.3 Å². The van der Waals surface area contributed by atoms with Crippen molar-refractivity contribution in [3.05, 3.63) is 82.9 Å². The van der Waals surface area contributed by atoms with Gasteiger partial charge in [0, 0.05) is 29.8 Å². The highest BCUT2D eigenvalue weighted by atomic mass is 35.5. The average molecular weight is 475 g/mol. The molecule has 6 rings (SSSR count). The maximum Gasteiger partial charge on any atom is 0.301 e. The van der Waals surface area contributed by atoms with Crippen molar-refractivity contribution in [2.24, 2.45) is 10.3 Å². The van der Waals surface area contributed by atoms with Gasteiger partial charge < -0.3 is 20.6 Å². The van der Waals surface area contributed by atoms with E-state index in [1.807, 2.05) is 67.6 Å². The van der Waals surface area contributed by atoms with Gasteiger partial charge in [-0.15, -0.1) is 0 Å². The van der Waals surface area contributed by atoms with Crippen LogP contribution in [0.4, 0.5) is 22.7 Å². The predicted octanol–water partition coefficient (Wildman–Crippen LogP) is 4.81. The summed E-state index contributed by atoms with van der Waals surface area (Å²) in [6.45, 7) is 1.91. The van der Waals surface area contributed by atoms with E-state index in [1.165, 1.54) is 0 Å². The van der Waals surface area contributed by atoms with Gasteiger partial charge in [0.25, 0.3) is 11.9 Å². The number of anilines is 2. The number of para-hydroxylation sites is 3. The number of hydrogen-bond donors (Lipinski definition) is 3. The first-order chi connectivity index (χ1) is 16.5. The van der Waals surface area contributed by atoms with Crippen molar-refractivity contribution in [2.45, 2.75) is 31.2 Å². The van der Waals surface area contributed by atoms with E-state index in [4.69, 9.17) is 21.4 Å². The SMILES string of the molecule is Cc1ccc([N+]2=NOC(O)C2C2=Nc3ccccc3NC3(C2)C(=O)Nc2ccccc23)cc1Cl. The summed E-state index contributed by atoms with van der Waals surface area (Å²) in [5.41, 5.74) is 3.96. The van der Waals surface area contributed by atoms with Crippen molar-refractivity contribution in [3.8, 4) is 0 Å². The Morgan fingerprint density at radius 1 is 1.12 bits per heavy atom. The molecule has 3 N–H and O–H groups in total. The van der Waals surface area contributed by atoms with Crippen LogP contribution in [0.1, 0.15) is 17.5 Å². The molecule has 0 saturated heterocycles. The van der Waals surface area contributed by atoms with Gasteiger partial charge in [0.05, 0.1) is 22.1 Å². The smallest absolute Gasteiger partial charge is 0.301 e. The molecule has 3 aliphatic heterocycles. The fourth-order valence-electron chi connectivity index (χ4n) is 4.77. The Kier molecular flexibility index (Phi) is 4.68. The van der Waals surface area contributed by atoms with Crippen molar-refractivity contribution >= 4 is 46.0 Å². The second-order valence-corrected chi connectivity index (χ2v) is 9.03. The van der Waals surface area contributed by atoms with Gasteiger partial charge in [-0.2, -0.15) is 0 Å². The van der Waals surface area contributed by atoms with Crippen molar-refractivity contribution in [1.82, 2.24) is 0 Å². The summed E-state index contributed by atoms with van der Waals surface area (Å²) in [7, 11) is 0. The molecule has 0 bridgehead atoms. The Balaban J connectivity index is 1.51. The Morgan fingerprint density at radius 3 is 2.71 bits per heavy atom. The molecule has 1 amide bonds. The molecule has 0 aromatic heterocycles. The number of rotatable bonds is 2. The van der Waals surface area contributed by atoms with E-state index in [0.29, 0.717) is 22.1 Å². The second kappa shape index (κ2) is 7.65. The molecule has 3 atom stereocenters. The van der Waals surface area contributed by atoms with E-state index >= 15 is 0 Å². The lowest BCUT2D eigenvalue weighted by atomic mass is 9.84. The van der Waals surface area contributed by atoms with Crippen LogP contribution >= 0.6 is 11.6 Å². The number of halogens is 1. The number of carbonyl (C=O) groups is 1. The molecule has 1 spiro atoms. The minimum atomic E-state index is -1.28. The fraction of sp³-hybridized carbons (Fsp3) is 0.200. The van der Waals surface area contributed by atoms with Crippen molar-refractivity contribution in [2.75, 3.05) is 10.6 Å². The zero-order valence-corrected chi connectivity index (χ0v) is 19.0. The number of amides is 1. The number of aliphatic hydroxyl groups is 1. The molecule has 3 aliphatic rings. The molecule has 3 heterocycles. The molecule has 170 valence electrons. The molecular formula is C25H21ClN5O3+. The number of fused-ring (bicyclic) bond motifs is 3. The zero-order chi connectivity index (χ0) is 23.4. The molecule has 9 heteroatoms. The highest BCUT2D eigenvalue weighted by Gasteiger charge is 2.54. The van der Waals surface area contributed by atoms with Crippen LogP contribution in [-0.4, -0.2) is 33.8 Å². The summed E-state index contributed by atoms with van der Waals surface area (Å²) in [6, 6.07) is 19.9. The monoisotopic (exact) mass is 474 g/mol. The largest absolute Gasteiger partial charge is 0.365 e. The Bertz CT molecular complexity index is 1400. The van der Waals surface area contributed by atoms with E-state index in [0.717, 1.165) is 22.5 Å². The first-order valence-corrected chi connectivity index (χ1v) is 11.3. The number of aryl methyl sites for hydroxylation is 1. The van der Waals surface area contributed by atoms with Crippen LogP contribution in [0.15, 0.2) is 77.0 Å². The fourth-order valence-corrected chi connectivity index (χ4v) is 4.94. The first kappa shape index (κ1) is 20.8. The third-order valence-corrected chi connectivity index (χ3v) is 6.93. The van der Waals surface area contributed by atoms with Crippen molar-refractivity contribution < 1.29 is 19.4 Å². The maximum absolute atomic E-state index is 13.5. The van der Waals surface area contributed by atoms with Crippen LogP contribution < -0.4 is 10.6 Å². The van der Waals surface area contributed by atoms with E-state index < -0.39 is 17.9 Å². The minimum absolute atomic E-state index is 0.187. The summed E-state index contributed by atoms with van der Waals surface area (Å²) in [5.74, 6) is -0.187. The molecule has 0 aliphatic carbocycles. The number of nitrogens with zero attached hydrogens (tertiary/aromatic N) is 3. The summed E-state index contributed by atoms with van der Waals surface area (Å²) in [6.07, 6.45) is -1.08. The van der Waals surface area contributed by atoms with E-state index in [2.05, 4.69) is 15.9 Å². The summed E-state index contributed by atoms with van der Waals surface area (Å²) < 4.78 is 1.56. The van der Waals surface area contributed by atoms with Crippen molar-refractivity contribution in [1.29, 1.82) is 0 Å². The Morgan fingerprint density at radius 2 is 1.88 bits per heavy atom. The lowest BCUT2D eigenvalue weighted by Gasteiger charge is -2.29. The number of hydrogen-bond acceptors (Lipinski definition) is 6. The number of nitrogens with one attached hydrogen (secondary N) is 2. The third kappa shape index (κ3) is 3.10. The van der Waals surface area contributed by atoms with Gasteiger partial charge in [-0.25, -0.2) is 4.99 Å². The van der Waals surface area contributed by atoms with Crippen LogP contribution in [0.2, 0.25) is 5.02 Å². The van der Waals surface area contributed by atoms with Crippen molar-refractivity contribution in [3.63, 3.8) is 0 Å². The van der Waals surface area contributed by atoms with E-state index in [-0.39, 0.29) is 12.3 Å². The average Bonchev–Trinajstić information content (AvgIpc) is 3.27. The number of aliphatic imine (C=N–C) groups is 1. The highest BCUT2D eigenvalue weighted by Crippen LogP contribution is 2.46. The quantitative estimate of drug-likeness (QED) is 0.464. The third-order valence-electron chi connectivity index (χ3n) is 6.52. The number of aliphatic hydroxyl groups excluding tert-OH is 1. The van der Waals surface area contributed by atoms with Gasteiger partial charge in [-0.3, -0.25) is 4.79 Å². The van der Waals surface area contributed by atoms with Crippen LogP contribution in [0.5, 0.6) is 0 Å². The molecule has 3 unspecified atom stereocenters. The summed E-state index contributed by atoms with van der Waals surface area (Å²) in [4.78, 5) is 23.7. The van der Waals surface area contributed by atoms with Gasteiger partial charge in [0.15, 0.2) is 10.8 Å².